The molecular formula is C15H12FN3O3. The highest BCUT2D eigenvalue weighted by atomic mass is 19.1. The summed E-state index contributed by atoms with van der Waals surface area (Å²) >= 11 is 0. The van der Waals surface area contributed by atoms with Crippen LogP contribution in [0.15, 0.2) is 36.8 Å². The Morgan fingerprint density at radius 1 is 1.45 bits per heavy atom. The van der Waals surface area contributed by atoms with Crippen molar-refractivity contribution < 1.29 is 19.0 Å². The number of hydrogen-bond acceptors (Lipinski definition) is 4. The zero-order valence-corrected chi connectivity index (χ0v) is 11.7. The smallest absolute Gasteiger partial charge is 0.339 e. The predicted molar refractivity (Wildman–Crippen MR) is 76.5 cm³/mol. The molecule has 0 fully saturated rings. The van der Waals surface area contributed by atoms with E-state index in [0.29, 0.717) is 22.5 Å². The average molecular weight is 301 g/mol. The molecule has 0 amide bonds. The van der Waals surface area contributed by atoms with Gasteiger partial charge in [-0.1, -0.05) is 0 Å². The minimum Gasteiger partial charge on any atom is -0.481 e. The molecule has 1 N–H and O–H groups in total. The third-order valence-electron chi connectivity index (χ3n) is 3.29. The Morgan fingerprint density at radius 3 is 3.00 bits per heavy atom. The van der Waals surface area contributed by atoms with Crippen molar-refractivity contribution in [3.63, 3.8) is 0 Å². The molecule has 0 saturated heterocycles. The Hall–Kier alpha value is -2.96. The Kier molecular flexibility index (Phi) is 3.46. The maximum Gasteiger partial charge on any atom is 0.339 e. The van der Waals surface area contributed by atoms with Gasteiger partial charge in [0.2, 0.25) is 5.88 Å². The molecule has 6 nitrogen and oxygen atoms in total. The molecule has 0 aliphatic rings. The number of carbonyl (C=O) groups is 1. The van der Waals surface area contributed by atoms with Crippen LogP contribution in [-0.4, -0.2) is 32.7 Å². The number of carboxylic acids is 1. The van der Waals surface area contributed by atoms with Crippen molar-refractivity contribution in [3.8, 4) is 5.88 Å². The molecule has 3 aromatic heterocycles. The maximum atomic E-state index is 13.4. The third-order valence-corrected chi connectivity index (χ3v) is 3.29. The molecule has 7 heteroatoms. The van der Waals surface area contributed by atoms with Gasteiger partial charge < -0.3 is 14.4 Å². The zero-order valence-electron chi connectivity index (χ0n) is 11.7. The summed E-state index contributed by atoms with van der Waals surface area (Å²) in [6, 6.07) is 4.79. The van der Waals surface area contributed by atoms with Gasteiger partial charge in [0.25, 0.3) is 0 Å². The molecule has 0 aliphatic carbocycles. The van der Waals surface area contributed by atoms with Crippen LogP contribution in [0.4, 0.5) is 4.39 Å². The van der Waals surface area contributed by atoms with E-state index in [0.717, 1.165) is 6.20 Å². The summed E-state index contributed by atoms with van der Waals surface area (Å²) in [6.07, 6.45) is 4.08. The lowest BCUT2D eigenvalue weighted by Crippen LogP contribution is -2.03. The molecule has 22 heavy (non-hydrogen) atoms. The van der Waals surface area contributed by atoms with Crippen LogP contribution in [0.1, 0.15) is 15.9 Å². The fourth-order valence-electron chi connectivity index (χ4n) is 2.36. The number of ether oxygens (including phenoxy) is 1. The van der Waals surface area contributed by atoms with Crippen molar-refractivity contribution in [2.45, 2.75) is 6.54 Å². The van der Waals surface area contributed by atoms with E-state index in [1.807, 2.05) is 0 Å². The topological polar surface area (TPSA) is 77.2 Å². The number of aromatic carboxylic acids is 1. The van der Waals surface area contributed by atoms with E-state index in [4.69, 9.17) is 4.74 Å². The predicted octanol–water partition coefficient (Wildman–Crippen LogP) is 2.33. The molecule has 112 valence electrons. The number of rotatable bonds is 4. The van der Waals surface area contributed by atoms with Gasteiger partial charge in [0, 0.05) is 18.0 Å². The molecule has 0 saturated carbocycles. The van der Waals surface area contributed by atoms with E-state index >= 15 is 0 Å². The van der Waals surface area contributed by atoms with Gasteiger partial charge in [-0.3, -0.25) is 4.98 Å². The van der Waals surface area contributed by atoms with Crippen LogP contribution in [0.5, 0.6) is 5.88 Å². The maximum absolute atomic E-state index is 13.4. The first-order valence-electron chi connectivity index (χ1n) is 6.45. The molecule has 0 atom stereocenters. The normalized spacial score (nSPS) is 10.8. The number of methoxy groups -OCH3 is 1. The number of hydrogen-bond donors (Lipinski definition) is 1. The van der Waals surface area contributed by atoms with E-state index in [-0.39, 0.29) is 12.1 Å². The molecule has 0 bridgehead atoms. The van der Waals surface area contributed by atoms with Gasteiger partial charge in [0.05, 0.1) is 25.4 Å². The lowest BCUT2D eigenvalue weighted by atomic mass is 10.2. The quantitative estimate of drug-likeness (QED) is 0.800. The van der Waals surface area contributed by atoms with Gasteiger partial charge >= 0.3 is 5.97 Å². The van der Waals surface area contributed by atoms with Crippen molar-refractivity contribution in [2.24, 2.45) is 0 Å². The number of carboxylic acid groups (broad SMARTS) is 1. The SMILES string of the molecule is COc1ncc(F)cc1Cn1cc(C(=O)O)c2ncccc21. The van der Waals surface area contributed by atoms with Gasteiger partial charge in [-0.05, 0) is 18.2 Å². The standard InChI is InChI=1S/C15H12FN3O3/c1-22-14-9(5-10(16)6-18-14)7-19-8-11(15(20)21)13-12(19)3-2-4-17-13/h2-6,8H,7H2,1H3,(H,20,21). The summed E-state index contributed by atoms with van der Waals surface area (Å²) in [6.45, 7) is 0.226. The van der Waals surface area contributed by atoms with Gasteiger partial charge in [0.15, 0.2) is 0 Å². The highest BCUT2D eigenvalue weighted by Gasteiger charge is 2.16. The third kappa shape index (κ3) is 2.37. The molecule has 0 aromatic carbocycles. The van der Waals surface area contributed by atoms with Crippen molar-refractivity contribution in [2.75, 3.05) is 7.11 Å². The van der Waals surface area contributed by atoms with E-state index in [1.165, 1.54) is 25.6 Å². The number of nitrogens with zero attached hydrogens (tertiary/aromatic N) is 3. The van der Waals surface area contributed by atoms with E-state index in [2.05, 4.69) is 9.97 Å². The summed E-state index contributed by atoms with van der Waals surface area (Å²) < 4.78 is 20.2. The highest BCUT2D eigenvalue weighted by molar-refractivity contribution is 6.01. The van der Waals surface area contributed by atoms with Crippen molar-refractivity contribution in [1.29, 1.82) is 0 Å². The molecular weight excluding hydrogens is 289 g/mol. The minimum absolute atomic E-state index is 0.0962. The van der Waals surface area contributed by atoms with Crippen LogP contribution >= 0.6 is 0 Å². The Bertz CT molecular complexity index is 860. The van der Waals surface area contributed by atoms with E-state index < -0.39 is 11.8 Å². The van der Waals surface area contributed by atoms with Crippen LogP contribution in [0, 0.1) is 5.82 Å². The molecule has 0 radical (unpaired) electrons. The average Bonchev–Trinajstić information content (AvgIpc) is 2.87. The van der Waals surface area contributed by atoms with Gasteiger partial charge in [-0.25, -0.2) is 14.2 Å². The Balaban J connectivity index is 2.12. The minimum atomic E-state index is -1.06. The van der Waals surface area contributed by atoms with E-state index in [1.54, 1.807) is 16.7 Å². The first-order chi connectivity index (χ1) is 10.6. The number of pyridine rings is 2. The molecule has 0 unspecified atom stereocenters. The monoisotopic (exact) mass is 301 g/mol. The Labute approximate surface area is 124 Å². The zero-order chi connectivity index (χ0) is 15.7. The Morgan fingerprint density at radius 2 is 2.27 bits per heavy atom. The van der Waals surface area contributed by atoms with Crippen LogP contribution in [-0.2, 0) is 6.54 Å². The van der Waals surface area contributed by atoms with Crippen molar-refractivity contribution in [3.05, 3.63) is 53.7 Å². The lowest BCUT2D eigenvalue weighted by molar-refractivity contribution is 0.0698. The molecule has 3 aromatic rings. The first kappa shape index (κ1) is 14.0. The van der Waals surface area contributed by atoms with Crippen molar-refractivity contribution >= 4 is 17.0 Å². The van der Waals surface area contributed by atoms with Crippen LogP contribution in [0.3, 0.4) is 0 Å². The summed E-state index contributed by atoms with van der Waals surface area (Å²) in [5.41, 5.74) is 1.64. The summed E-state index contributed by atoms with van der Waals surface area (Å²) in [7, 11) is 1.45. The van der Waals surface area contributed by atoms with Crippen molar-refractivity contribution in [1.82, 2.24) is 14.5 Å². The number of aromatic nitrogens is 3. The lowest BCUT2D eigenvalue weighted by Gasteiger charge is -2.09. The van der Waals surface area contributed by atoms with E-state index in [9.17, 15) is 14.3 Å². The number of halogens is 1. The summed E-state index contributed by atoms with van der Waals surface area (Å²) in [5, 5.41) is 9.26. The molecule has 3 heterocycles. The highest BCUT2D eigenvalue weighted by Crippen LogP contribution is 2.23. The van der Waals surface area contributed by atoms with Gasteiger partial charge in [0.1, 0.15) is 16.9 Å². The second kappa shape index (κ2) is 5.44. The second-order valence-corrected chi connectivity index (χ2v) is 4.67. The fraction of sp³-hybridized carbons (Fsp3) is 0.133. The largest absolute Gasteiger partial charge is 0.481 e. The molecule has 3 rings (SSSR count). The summed E-state index contributed by atoms with van der Waals surface area (Å²) in [5.74, 6) is -1.25. The first-order valence-corrected chi connectivity index (χ1v) is 6.45. The number of fused-ring (bicyclic) bond motifs is 1. The van der Waals surface area contributed by atoms with Crippen LogP contribution in [0.2, 0.25) is 0 Å². The second-order valence-electron chi connectivity index (χ2n) is 4.67. The summed E-state index contributed by atoms with van der Waals surface area (Å²) in [4.78, 5) is 19.3. The van der Waals surface area contributed by atoms with Crippen LogP contribution in [0.25, 0.3) is 11.0 Å². The molecule has 0 aliphatic heterocycles. The van der Waals surface area contributed by atoms with Gasteiger partial charge in [-0.15, -0.1) is 0 Å². The molecule has 0 spiro atoms. The van der Waals surface area contributed by atoms with Crippen LogP contribution < -0.4 is 4.74 Å². The fourth-order valence-corrected chi connectivity index (χ4v) is 2.36. The van der Waals surface area contributed by atoms with Gasteiger partial charge in [-0.2, -0.15) is 0 Å².